The first-order valence-electron chi connectivity index (χ1n) is 7.53. The van der Waals surface area contributed by atoms with Crippen molar-refractivity contribution >= 4 is 18.5 Å². The molecule has 0 bridgehead atoms. The Bertz CT molecular complexity index is 518. The van der Waals surface area contributed by atoms with Gasteiger partial charge in [0.2, 0.25) is 0 Å². The van der Waals surface area contributed by atoms with Crippen molar-refractivity contribution in [2.24, 2.45) is 5.92 Å². The Balaban J connectivity index is 1.96. The van der Waals surface area contributed by atoms with Gasteiger partial charge in [-0.1, -0.05) is 67.1 Å². The second kappa shape index (κ2) is 6.70. The van der Waals surface area contributed by atoms with Crippen LogP contribution in [0.5, 0.6) is 0 Å². The van der Waals surface area contributed by atoms with Gasteiger partial charge < -0.3 is 10.2 Å². The maximum atomic E-state index is 11.0. The number of aliphatic hydroxyl groups is 2. The molecular formula is C18H21O2P. The molecule has 0 heterocycles. The summed E-state index contributed by atoms with van der Waals surface area (Å²) in [6, 6.07) is 20.4. The Morgan fingerprint density at radius 2 is 1.38 bits per heavy atom. The van der Waals surface area contributed by atoms with Crippen molar-refractivity contribution in [2.75, 3.05) is 0 Å². The third-order valence-corrected chi connectivity index (χ3v) is 6.87. The van der Waals surface area contributed by atoms with Crippen molar-refractivity contribution in [3.63, 3.8) is 0 Å². The molecule has 0 saturated heterocycles. The molecule has 0 spiro atoms. The van der Waals surface area contributed by atoms with E-state index < -0.39 is 13.8 Å². The van der Waals surface area contributed by atoms with E-state index in [-0.39, 0.29) is 12.0 Å². The lowest BCUT2D eigenvalue weighted by atomic mass is 10.1. The van der Waals surface area contributed by atoms with E-state index in [1.165, 1.54) is 10.6 Å². The Labute approximate surface area is 127 Å². The van der Waals surface area contributed by atoms with Gasteiger partial charge in [-0.15, -0.1) is 0 Å². The van der Waals surface area contributed by atoms with Crippen molar-refractivity contribution < 1.29 is 10.2 Å². The Morgan fingerprint density at radius 1 is 0.857 bits per heavy atom. The van der Waals surface area contributed by atoms with Gasteiger partial charge in [0.25, 0.3) is 0 Å². The molecule has 110 valence electrons. The van der Waals surface area contributed by atoms with Gasteiger partial charge in [0.1, 0.15) is 0 Å². The zero-order valence-electron chi connectivity index (χ0n) is 12.0. The predicted molar refractivity (Wildman–Crippen MR) is 88.4 cm³/mol. The second-order valence-electron chi connectivity index (χ2n) is 5.62. The average Bonchev–Trinajstić information content (AvgIpc) is 2.96. The van der Waals surface area contributed by atoms with E-state index in [1.54, 1.807) is 0 Å². The van der Waals surface area contributed by atoms with Crippen LogP contribution in [-0.2, 0) is 0 Å². The van der Waals surface area contributed by atoms with E-state index in [9.17, 15) is 10.2 Å². The molecule has 3 unspecified atom stereocenters. The van der Waals surface area contributed by atoms with Gasteiger partial charge in [0, 0.05) is 5.92 Å². The standard InChI is InChI=1S/C18H21O2P/c19-17-13-7-12-16(17)18(20)21(14-8-3-1-4-9-14)15-10-5-2-6-11-15/h1-6,8-11,16-20H,7,12-13H2. The van der Waals surface area contributed by atoms with Crippen LogP contribution in [0, 0.1) is 5.92 Å². The first-order valence-corrected chi connectivity index (χ1v) is 8.94. The summed E-state index contributed by atoms with van der Waals surface area (Å²) in [6.07, 6.45) is 2.38. The second-order valence-corrected chi connectivity index (χ2v) is 7.92. The van der Waals surface area contributed by atoms with Crippen LogP contribution >= 0.6 is 7.92 Å². The molecule has 2 aromatic carbocycles. The van der Waals surface area contributed by atoms with E-state index in [0.29, 0.717) is 0 Å². The Hall–Kier alpha value is -1.21. The fourth-order valence-electron chi connectivity index (χ4n) is 3.14. The third-order valence-electron chi connectivity index (χ3n) is 4.25. The summed E-state index contributed by atoms with van der Waals surface area (Å²) in [4.78, 5) is 0. The largest absolute Gasteiger partial charge is 0.393 e. The number of benzene rings is 2. The van der Waals surface area contributed by atoms with Crippen LogP contribution in [0.3, 0.4) is 0 Å². The highest BCUT2D eigenvalue weighted by atomic mass is 31.1. The summed E-state index contributed by atoms with van der Waals surface area (Å²) in [7, 11) is -0.854. The highest BCUT2D eigenvalue weighted by molar-refractivity contribution is 7.73. The van der Waals surface area contributed by atoms with Crippen molar-refractivity contribution in [3.05, 3.63) is 60.7 Å². The molecule has 1 aliphatic carbocycles. The molecule has 0 amide bonds. The number of hydrogen-bond acceptors (Lipinski definition) is 2. The van der Waals surface area contributed by atoms with Gasteiger partial charge in [-0.05, 0) is 31.4 Å². The molecule has 0 aromatic heterocycles. The number of hydrogen-bond donors (Lipinski definition) is 2. The first-order chi connectivity index (χ1) is 10.3. The van der Waals surface area contributed by atoms with E-state index in [4.69, 9.17) is 0 Å². The van der Waals surface area contributed by atoms with Gasteiger partial charge in [-0.25, -0.2) is 0 Å². The van der Waals surface area contributed by atoms with Gasteiger partial charge in [-0.2, -0.15) is 0 Å². The van der Waals surface area contributed by atoms with Gasteiger partial charge in [-0.3, -0.25) is 0 Å². The van der Waals surface area contributed by atoms with Crippen molar-refractivity contribution in [1.29, 1.82) is 0 Å². The fraction of sp³-hybridized carbons (Fsp3) is 0.333. The summed E-state index contributed by atoms with van der Waals surface area (Å²) in [5.41, 5.74) is 0. The summed E-state index contributed by atoms with van der Waals surface area (Å²) in [5, 5.41) is 23.5. The molecule has 3 atom stereocenters. The molecule has 2 aromatic rings. The smallest absolute Gasteiger partial charge is 0.0866 e. The zero-order valence-corrected chi connectivity index (χ0v) is 12.9. The molecule has 0 radical (unpaired) electrons. The zero-order chi connectivity index (χ0) is 14.7. The summed E-state index contributed by atoms with van der Waals surface area (Å²) < 4.78 is 0. The summed E-state index contributed by atoms with van der Waals surface area (Å²) in [5.74, 6) is -0.487. The van der Waals surface area contributed by atoms with Crippen LogP contribution in [0.25, 0.3) is 0 Å². The molecular weight excluding hydrogens is 279 g/mol. The molecule has 3 heteroatoms. The summed E-state index contributed by atoms with van der Waals surface area (Å²) in [6.45, 7) is 0. The normalized spacial score (nSPS) is 23.4. The monoisotopic (exact) mass is 300 g/mol. The Morgan fingerprint density at radius 3 is 1.81 bits per heavy atom. The van der Waals surface area contributed by atoms with E-state index >= 15 is 0 Å². The molecule has 1 saturated carbocycles. The highest BCUT2D eigenvalue weighted by Gasteiger charge is 2.36. The average molecular weight is 300 g/mol. The fourth-order valence-corrected chi connectivity index (χ4v) is 5.77. The molecule has 3 rings (SSSR count). The summed E-state index contributed by atoms with van der Waals surface area (Å²) >= 11 is 0. The molecule has 0 aliphatic heterocycles. The van der Waals surface area contributed by atoms with Crippen LogP contribution in [0.4, 0.5) is 0 Å². The van der Waals surface area contributed by atoms with Gasteiger partial charge in [0.15, 0.2) is 0 Å². The van der Waals surface area contributed by atoms with Crippen molar-refractivity contribution in [2.45, 2.75) is 31.2 Å². The molecule has 2 N–H and O–H groups in total. The topological polar surface area (TPSA) is 40.5 Å². The SMILES string of the molecule is OC1CCCC1C(O)P(c1ccccc1)c1ccccc1. The van der Waals surface area contributed by atoms with Crippen molar-refractivity contribution in [3.8, 4) is 0 Å². The minimum absolute atomic E-state index is 0.00322. The van der Waals surface area contributed by atoms with Crippen LogP contribution < -0.4 is 10.6 Å². The Kier molecular flexibility index (Phi) is 4.70. The minimum atomic E-state index is -0.854. The molecule has 1 aliphatic rings. The highest BCUT2D eigenvalue weighted by Crippen LogP contribution is 2.46. The lowest BCUT2D eigenvalue weighted by molar-refractivity contribution is 0.0737. The van der Waals surface area contributed by atoms with Crippen LogP contribution in [0.1, 0.15) is 19.3 Å². The molecule has 2 nitrogen and oxygen atoms in total. The van der Waals surface area contributed by atoms with E-state index in [0.717, 1.165) is 19.3 Å². The van der Waals surface area contributed by atoms with Crippen LogP contribution in [0.2, 0.25) is 0 Å². The predicted octanol–water partition coefficient (Wildman–Crippen LogP) is 2.60. The number of aliphatic hydroxyl groups excluding tert-OH is 2. The van der Waals surface area contributed by atoms with Crippen LogP contribution in [0.15, 0.2) is 60.7 Å². The molecule has 1 fully saturated rings. The van der Waals surface area contributed by atoms with Crippen molar-refractivity contribution in [1.82, 2.24) is 0 Å². The lowest BCUT2D eigenvalue weighted by Crippen LogP contribution is -2.32. The minimum Gasteiger partial charge on any atom is -0.393 e. The van der Waals surface area contributed by atoms with Gasteiger partial charge in [0.05, 0.1) is 11.9 Å². The quantitative estimate of drug-likeness (QED) is 0.852. The maximum absolute atomic E-state index is 11.0. The van der Waals surface area contributed by atoms with E-state index in [2.05, 4.69) is 24.3 Å². The third kappa shape index (κ3) is 3.18. The van der Waals surface area contributed by atoms with E-state index in [1.807, 2.05) is 36.4 Å². The van der Waals surface area contributed by atoms with Gasteiger partial charge >= 0.3 is 0 Å². The first kappa shape index (κ1) is 14.7. The number of rotatable bonds is 4. The van der Waals surface area contributed by atoms with Crippen LogP contribution in [-0.4, -0.2) is 22.2 Å². The molecule has 21 heavy (non-hydrogen) atoms. The maximum Gasteiger partial charge on any atom is 0.0866 e. The lowest BCUT2D eigenvalue weighted by Gasteiger charge is -2.30.